The average Bonchev–Trinajstić information content (AvgIpc) is 2.47. The summed E-state index contributed by atoms with van der Waals surface area (Å²) in [6.07, 6.45) is 0.726. The summed E-state index contributed by atoms with van der Waals surface area (Å²) in [5.41, 5.74) is 7.49. The van der Waals surface area contributed by atoms with Gasteiger partial charge in [-0.3, -0.25) is 4.68 Å². The maximum absolute atomic E-state index is 8.67. The van der Waals surface area contributed by atoms with Gasteiger partial charge in [-0.15, -0.1) is 0 Å². The zero-order valence-corrected chi connectivity index (χ0v) is 10.6. The Bertz CT molecular complexity index is 386. The zero-order valence-electron chi connectivity index (χ0n) is 9.03. The van der Waals surface area contributed by atoms with Crippen molar-refractivity contribution >= 4 is 21.8 Å². The summed E-state index contributed by atoms with van der Waals surface area (Å²) in [5, 5.41) is 16.1. The summed E-state index contributed by atoms with van der Waals surface area (Å²) in [7, 11) is 0. The molecule has 0 aliphatic rings. The molecule has 15 heavy (non-hydrogen) atoms. The van der Waals surface area contributed by atoms with Gasteiger partial charge in [0.1, 0.15) is 6.04 Å². The summed E-state index contributed by atoms with van der Waals surface area (Å²) in [6, 6.07) is -0.194. The molecular formula is C9H15BrN4O. The highest BCUT2D eigenvalue weighted by Gasteiger charge is 2.19. The van der Waals surface area contributed by atoms with E-state index in [9.17, 15) is 0 Å². The lowest BCUT2D eigenvalue weighted by atomic mass is 10.2. The first-order valence-electron chi connectivity index (χ1n) is 4.71. The summed E-state index contributed by atoms with van der Waals surface area (Å²) in [5.74, 6) is 0.176. The van der Waals surface area contributed by atoms with E-state index in [0.29, 0.717) is 0 Å². The molecule has 0 spiro atoms. The van der Waals surface area contributed by atoms with Gasteiger partial charge in [-0.05, 0) is 36.2 Å². The number of oxime groups is 1. The molecule has 0 fully saturated rings. The second-order valence-electron chi connectivity index (χ2n) is 3.38. The molecule has 3 N–H and O–H groups in total. The Morgan fingerprint density at radius 2 is 2.27 bits per heavy atom. The number of rotatable bonds is 3. The number of hydrogen-bond acceptors (Lipinski definition) is 3. The smallest absolute Gasteiger partial charge is 0.164 e. The molecule has 1 aromatic heterocycles. The van der Waals surface area contributed by atoms with Crippen LogP contribution in [0.2, 0.25) is 0 Å². The number of hydrogen-bond donors (Lipinski definition) is 2. The van der Waals surface area contributed by atoms with E-state index < -0.39 is 0 Å². The van der Waals surface area contributed by atoms with Crippen LogP contribution in [0.1, 0.15) is 30.8 Å². The fourth-order valence-corrected chi connectivity index (χ4v) is 1.78. The van der Waals surface area contributed by atoms with E-state index in [1.807, 2.05) is 20.8 Å². The van der Waals surface area contributed by atoms with E-state index in [4.69, 9.17) is 10.9 Å². The van der Waals surface area contributed by atoms with Crippen molar-refractivity contribution in [1.82, 2.24) is 9.78 Å². The minimum absolute atomic E-state index is 0.176. The van der Waals surface area contributed by atoms with Crippen LogP contribution in [0.25, 0.3) is 0 Å². The third-order valence-electron chi connectivity index (χ3n) is 2.38. The van der Waals surface area contributed by atoms with Crippen molar-refractivity contribution in [2.75, 3.05) is 0 Å². The topological polar surface area (TPSA) is 76.4 Å². The third kappa shape index (κ3) is 2.14. The van der Waals surface area contributed by atoms with Crippen LogP contribution in [0, 0.1) is 13.8 Å². The molecule has 0 radical (unpaired) electrons. The predicted molar refractivity (Wildman–Crippen MR) is 62.1 cm³/mol. The molecule has 1 rings (SSSR count). The Labute approximate surface area is 97.1 Å². The first-order chi connectivity index (χ1) is 7.02. The SMILES string of the molecule is CCC(C(N)=NO)n1nc(C)c(Br)c1C. The minimum Gasteiger partial charge on any atom is -0.409 e. The molecule has 0 amide bonds. The predicted octanol–water partition coefficient (Wildman–Crippen LogP) is 1.96. The fraction of sp³-hybridized carbons (Fsp3) is 0.556. The van der Waals surface area contributed by atoms with Gasteiger partial charge in [0.15, 0.2) is 5.84 Å². The minimum atomic E-state index is -0.194. The van der Waals surface area contributed by atoms with Crippen LogP contribution in [-0.4, -0.2) is 20.8 Å². The van der Waals surface area contributed by atoms with Crippen LogP contribution in [0.4, 0.5) is 0 Å². The van der Waals surface area contributed by atoms with Gasteiger partial charge in [-0.2, -0.15) is 5.10 Å². The average molecular weight is 275 g/mol. The standard InChI is InChI=1S/C9H15BrN4O/c1-4-7(9(11)13-15)14-6(3)8(10)5(2)12-14/h7,15H,4H2,1-3H3,(H2,11,13). The van der Waals surface area contributed by atoms with Crippen LogP contribution in [0.15, 0.2) is 9.63 Å². The Hall–Kier alpha value is -1.04. The summed E-state index contributed by atoms with van der Waals surface area (Å²) < 4.78 is 2.74. The van der Waals surface area contributed by atoms with E-state index in [1.54, 1.807) is 4.68 Å². The largest absolute Gasteiger partial charge is 0.409 e. The van der Waals surface area contributed by atoms with Gasteiger partial charge in [0.2, 0.25) is 0 Å². The van der Waals surface area contributed by atoms with E-state index in [2.05, 4.69) is 26.2 Å². The molecule has 6 heteroatoms. The summed E-state index contributed by atoms with van der Waals surface area (Å²) in [6.45, 7) is 5.82. The third-order valence-corrected chi connectivity index (χ3v) is 3.52. The van der Waals surface area contributed by atoms with Gasteiger partial charge < -0.3 is 10.9 Å². The molecular weight excluding hydrogens is 260 g/mol. The molecule has 0 bridgehead atoms. The summed E-state index contributed by atoms with van der Waals surface area (Å²) >= 11 is 3.44. The second kappa shape index (κ2) is 4.65. The highest BCUT2D eigenvalue weighted by molar-refractivity contribution is 9.10. The lowest BCUT2D eigenvalue weighted by molar-refractivity contribution is 0.312. The van der Waals surface area contributed by atoms with Crippen LogP contribution >= 0.6 is 15.9 Å². The van der Waals surface area contributed by atoms with Gasteiger partial charge in [0.25, 0.3) is 0 Å². The van der Waals surface area contributed by atoms with E-state index in [0.717, 1.165) is 22.3 Å². The van der Waals surface area contributed by atoms with Crippen LogP contribution in [-0.2, 0) is 0 Å². The van der Waals surface area contributed by atoms with Crippen LogP contribution in [0.5, 0.6) is 0 Å². The molecule has 1 heterocycles. The number of amidine groups is 1. The van der Waals surface area contributed by atoms with E-state index in [-0.39, 0.29) is 11.9 Å². The van der Waals surface area contributed by atoms with Crippen LogP contribution in [0.3, 0.4) is 0 Å². The van der Waals surface area contributed by atoms with E-state index in [1.165, 1.54) is 0 Å². The molecule has 0 aromatic carbocycles. The highest BCUT2D eigenvalue weighted by Crippen LogP contribution is 2.24. The molecule has 1 atom stereocenters. The molecule has 1 unspecified atom stereocenters. The first-order valence-corrected chi connectivity index (χ1v) is 5.50. The van der Waals surface area contributed by atoms with Crippen molar-refractivity contribution in [2.45, 2.75) is 33.2 Å². The van der Waals surface area contributed by atoms with Crippen molar-refractivity contribution in [3.05, 3.63) is 15.9 Å². The van der Waals surface area contributed by atoms with Crippen molar-refractivity contribution in [3.63, 3.8) is 0 Å². The highest BCUT2D eigenvalue weighted by atomic mass is 79.9. The molecule has 0 aliphatic heterocycles. The van der Waals surface area contributed by atoms with Crippen molar-refractivity contribution in [2.24, 2.45) is 10.9 Å². The Kier molecular flexibility index (Phi) is 3.73. The van der Waals surface area contributed by atoms with Gasteiger partial charge in [0.05, 0.1) is 15.9 Å². The molecule has 84 valence electrons. The monoisotopic (exact) mass is 274 g/mol. The van der Waals surface area contributed by atoms with Gasteiger partial charge in [-0.1, -0.05) is 12.1 Å². The van der Waals surface area contributed by atoms with Crippen molar-refractivity contribution in [3.8, 4) is 0 Å². The van der Waals surface area contributed by atoms with Gasteiger partial charge >= 0.3 is 0 Å². The Morgan fingerprint density at radius 1 is 1.67 bits per heavy atom. The van der Waals surface area contributed by atoms with Gasteiger partial charge in [0, 0.05) is 0 Å². The lowest BCUT2D eigenvalue weighted by Crippen LogP contribution is -2.28. The second-order valence-corrected chi connectivity index (χ2v) is 4.17. The molecule has 5 nitrogen and oxygen atoms in total. The number of aromatic nitrogens is 2. The summed E-state index contributed by atoms with van der Waals surface area (Å²) in [4.78, 5) is 0. The number of nitrogens with two attached hydrogens (primary N) is 1. The number of aryl methyl sites for hydroxylation is 1. The molecule has 0 aliphatic carbocycles. The van der Waals surface area contributed by atoms with Crippen molar-refractivity contribution < 1.29 is 5.21 Å². The van der Waals surface area contributed by atoms with Crippen molar-refractivity contribution in [1.29, 1.82) is 0 Å². The molecule has 0 saturated heterocycles. The maximum atomic E-state index is 8.67. The maximum Gasteiger partial charge on any atom is 0.164 e. The quantitative estimate of drug-likeness (QED) is 0.383. The molecule has 1 aromatic rings. The Balaban J connectivity index is 3.19. The number of halogens is 1. The normalized spacial score (nSPS) is 14.3. The first kappa shape index (κ1) is 12.0. The number of nitrogens with zero attached hydrogens (tertiary/aromatic N) is 3. The van der Waals surface area contributed by atoms with Gasteiger partial charge in [-0.25, -0.2) is 0 Å². The Morgan fingerprint density at radius 3 is 2.60 bits per heavy atom. The zero-order chi connectivity index (χ0) is 11.6. The van der Waals surface area contributed by atoms with Crippen LogP contribution < -0.4 is 5.73 Å². The fourth-order valence-electron chi connectivity index (χ4n) is 1.52. The van der Waals surface area contributed by atoms with E-state index >= 15 is 0 Å². The lowest BCUT2D eigenvalue weighted by Gasteiger charge is -2.15. The molecule has 0 saturated carbocycles.